The Morgan fingerprint density at radius 3 is 2.36 bits per heavy atom. The van der Waals surface area contributed by atoms with Crippen LogP contribution in [0.15, 0.2) is 53.3 Å². The fraction of sp³-hybridized carbons (Fsp3) is 0.367. The van der Waals surface area contributed by atoms with Crippen molar-refractivity contribution in [1.29, 1.82) is 0 Å². The molecule has 1 unspecified atom stereocenters. The van der Waals surface area contributed by atoms with Crippen molar-refractivity contribution in [2.24, 2.45) is 17.6 Å². The number of benzene rings is 2. The van der Waals surface area contributed by atoms with Gasteiger partial charge in [-0.3, -0.25) is 19.3 Å². The van der Waals surface area contributed by atoms with Gasteiger partial charge in [-0.2, -0.15) is 0 Å². The third-order valence-corrected chi connectivity index (χ3v) is 8.82. The number of primary amides is 1. The van der Waals surface area contributed by atoms with Gasteiger partial charge in [0.25, 0.3) is 5.91 Å². The molecular formula is C30H30N2O7. The molecule has 202 valence electrons. The molecular weight excluding hydrogens is 500 g/mol. The van der Waals surface area contributed by atoms with Crippen molar-refractivity contribution in [1.82, 2.24) is 4.90 Å². The molecule has 6 rings (SSSR count). The van der Waals surface area contributed by atoms with E-state index in [2.05, 4.69) is 17.0 Å². The van der Waals surface area contributed by atoms with E-state index in [1.54, 1.807) is 6.07 Å². The first-order valence-electron chi connectivity index (χ1n) is 13.2. The zero-order valence-corrected chi connectivity index (χ0v) is 21.3. The van der Waals surface area contributed by atoms with Gasteiger partial charge in [-0.25, -0.2) is 0 Å². The number of phenols is 1. The van der Waals surface area contributed by atoms with Gasteiger partial charge in [-0.1, -0.05) is 30.3 Å². The maximum Gasteiger partial charge on any atom is 0.255 e. The van der Waals surface area contributed by atoms with Crippen LogP contribution in [0.25, 0.3) is 16.9 Å². The van der Waals surface area contributed by atoms with E-state index in [-0.39, 0.29) is 36.1 Å². The Bertz CT molecular complexity index is 1480. The van der Waals surface area contributed by atoms with E-state index in [1.165, 1.54) is 24.5 Å². The molecule has 1 amide bonds. The number of hydrogen-bond acceptors (Lipinski definition) is 8. The summed E-state index contributed by atoms with van der Waals surface area (Å²) in [7, 11) is 0. The number of fused-ring (bicyclic) bond motifs is 3. The fourth-order valence-electron chi connectivity index (χ4n) is 6.88. The summed E-state index contributed by atoms with van der Waals surface area (Å²) >= 11 is 0. The SMILES string of the molecule is NC(=O)C1=C(O)C2(O)C(=O)C3=C(O)c4c(O)ccc(-c5ccc(CN6CCCC6)cc5)c4C[C@H]3C[C@H]2CC1=O. The van der Waals surface area contributed by atoms with Gasteiger partial charge in [0.2, 0.25) is 5.78 Å². The lowest BCUT2D eigenvalue weighted by atomic mass is 9.59. The highest BCUT2D eigenvalue weighted by atomic mass is 16.3. The van der Waals surface area contributed by atoms with Crippen molar-refractivity contribution in [3.63, 3.8) is 0 Å². The zero-order chi connectivity index (χ0) is 27.6. The van der Waals surface area contributed by atoms with Crippen LogP contribution >= 0.6 is 0 Å². The Balaban J connectivity index is 1.41. The number of carbonyl (C=O) groups is 3. The maximum absolute atomic E-state index is 13.7. The molecule has 0 radical (unpaired) electrons. The van der Waals surface area contributed by atoms with Crippen LogP contribution in [0.4, 0.5) is 0 Å². The summed E-state index contributed by atoms with van der Waals surface area (Å²) in [4.78, 5) is 40.4. The van der Waals surface area contributed by atoms with Crippen LogP contribution in [0, 0.1) is 11.8 Å². The molecule has 2 aromatic carbocycles. The molecule has 3 aliphatic carbocycles. The number of nitrogens with zero attached hydrogens (tertiary/aromatic N) is 1. The number of rotatable bonds is 4. The van der Waals surface area contributed by atoms with Gasteiger partial charge in [-0.05, 0) is 73.0 Å². The molecule has 1 saturated carbocycles. The predicted octanol–water partition coefficient (Wildman–Crippen LogP) is 2.69. The highest BCUT2D eigenvalue weighted by Gasteiger charge is 2.60. The molecule has 9 heteroatoms. The van der Waals surface area contributed by atoms with E-state index in [0.717, 1.165) is 30.8 Å². The van der Waals surface area contributed by atoms with E-state index < -0.39 is 52.0 Å². The molecule has 2 aromatic rings. The normalized spacial score (nSPS) is 26.9. The van der Waals surface area contributed by atoms with Crippen molar-refractivity contribution >= 4 is 23.2 Å². The number of aromatic hydroxyl groups is 1. The van der Waals surface area contributed by atoms with Crippen molar-refractivity contribution in [3.8, 4) is 16.9 Å². The Hall–Kier alpha value is -3.95. The van der Waals surface area contributed by atoms with Gasteiger partial charge in [0.15, 0.2) is 11.4 Å². The fourth-order valence-corrected chi connectivity index (χ4v) is 6.88. The largest absolute Gasteiger partial charge is 0.508 e. The number of Topliss-reactive ketones (excluding diaryl/α,β-unsaturated/α-hetero) is 2. The highest BCUT2D eigenvalue weighted by Crippen LogP contribution is 2.53. The Morgan fingerprint density at radius 2 is 1.69 bits per heavy atom. The second kappa shape index (κ2) is 9.07. The molecule has 6 N–H and O–H groups in total. The topological polar surface area (TPSA) is 161 Å². The second-order valence-corrected chi connectivity index (χ2v) is 11.1. The summed E-state index contributed by atoms with van der Waals surface area (Å²) in [6.45, 7) is 3.08. The number of aliphatic hydroxyl groups is 3. The smallest absolute Gasteiger partial charge is 0.255 e. The number of phenolic OH excluding ortho intramolecular Hbond substituents is 1. The molecule has 9 nitrogen and oxygen atoms in total. The summed E-state index contributed by atoms with van der Waals surface area (Å²) in [5.41, 5.74) is 5.39. The minimum absolute atomic E-state index is 0.0979. The van der Waals surface area contributed by atoms with Gasteiger partial charge >= 0.3 is 0 Å². The first-order valence-corrected chi connectivity index (χ1v) is 13.2. The Morgan fingerprint density at radius 1 is 1.00 bits per heavy atom. The van der Waals surface area contributed by atoms with Crippen LogP contribution in [0.3, 0.4) is 0 Å². The molecule has 1 saturated heterocycles. The van der Waals surface area contributed by atoms with Crippen LogP contribution in [0.5, 0.6) is 5.75 Å². The first kappa shape index (κ1) is 25.3. The number of hydrogen-bond donors (Lipinski definition) is 5. The van der Waals surface area contributed by atoms with E-state index in [0.29, 0.717) is 5.56 Å². The predicted molar refractivity (Wildman–Crippen MR) is 141 cm³/mol. The number of nitrogens with two attached hydrogens (primary N) is 1. The third kappa shape index (κ3) is 3.79. The number of ketones is 2. The first-order chi connectivity index (χ1) is 18.6. The van der Waals surface area contributed by atoms with Crippen LogP contribution in [-0.4, -0.2) is 61.5 Å². The second-order valence-electron chi connectivity index (χ2n) is 11.1. The van der Waals surface area contributed by atoms with E-state index in [9.17, 15) is 34.8 Å². The van der Waals surface area contributed by atoms with Crippen molar-refractivity contribution in [2.45, 2.75) is 44.2 Å². The third-order valence-electron chi connectivity index (χ3n) is 8.82. The molecule has 3 atom stereocenters. The van der Waals surface area contributed by atoms with Crippen LogP contribution in [0.1, 0.15) is 42.4 Å². The van der Waals surface area contributed by atoms with E-state index in [4.69, 9.17) is 5.73 Å². The molecule has 39 heavy (non-hydrogen) atoms. The molecule has 0 spiro atoms. The van der Waals surface area contributed by atoms with Crippen LogP contribution < -0.4 is 5.73 Å². The van der Waals surface area contributed by atoms with Crippen molar-refractivity contribution < 1.29 is 34.8 Å². The molecule has 4 aliphatic rings. The lowest BCUT2D eigenvalue weighted by Crippen LogP contribution is -2.58. The molecule has 2 fully saturated rings. The molecule has 1 heterocycles. The molecule has 0 bridgehead atoms. The van der Waals surface area contributed by atoms with Gasteiger partial charge < -0.3 is 26.2 Å². The standard InChI is InChI=1S/C30H30N2O7/c31-29(38)25-22(34)13-18-11-17-12-20-19(16-5-3-15(4-6-16)14-32-9-1-2-10-32)7-8-21(33)24(20)26(35)23(17)27(36)30(18,39)28(25)37/h3-8,17-18,33,35,37,39H,1-2,9-14H2,(H2,31,38)/t17-,18+,30?/m1/s1. The van der Waals surface area contributed by atoms with Gasteiger partial charge in [-0.15, -0.1) is 0 Å². The number of amides is 1. The molecule has 0 aromatic heterocycles. The Kier molecular flexibility index (Phi) is 5.89. The summed E-state index contributed by atoms with van der Waals surface area (Å²) < 4.78 is 0. The minimum atomic E-state index is -2.56. The van der Waals surface area contributed by atoms with Crippen LogP contribution in [0.2, 0.25) is 0 Å². The van der Waals surface area contributed by atoms with Gasteiger partial charge in [0.05, 0.1) is 5.56 Å². The van der Waals surface area contributed by atoms with Gasteiger partial charge in [0.1, 0.15) is 22.8 Å². The summed E-state index contributed by atoms with van der Waals surface area (Å²) in [6, 6.07) is 11.4. The summed E-state index contributed by atoms with van der Waals surface area (Å²) in [5.74, 6) is -6.29. The number of likely N-dealkylation sites (tertiary alicyclic amines) is 1. The van der Waals surface area contributed by atoms with Crippen molar-refractivity contribution in [3.05, 3.63) is 70.0 Å². The highest BCUT2D eigenvalue weighted by molar-refractivity contribution is 6.22. The number of aliphatic hydroxyl groups excluding tert-OH is 2. The maximum atomic E-state index is 13.7. The zero-order valence-electron chi connectivity index (χ0n) is 21.3. The van der Waals surface area contributed by atoms with Crippen molar-refractivity contribution in [2.75, 3.05) is 13.1 Å². The number of carbonyl (C=O) groups excluding carboxylic acids is 3. The lowest BCUT2D eigenvalue weighted by Gasteiger charge is -2.46. The van der Waals surface area contributed by atoms with E-state index >= 15 is 0 Å². The average Bonchev–Trinajstić information content (AvgIpc) is 3.40. The van der Waals surface area contributed by atoms with Gasteiger partial charge in [0, 0.05) is 24.5 Å². The monoisotopic (exact) mass is 530 g/mol. The minimum Gasteiger partial charge on any atom is -0.508 e. The van der Waals surface area contributed by atoms with Crippen LogP contribution in [-0.2, 0) is 27.3 Å². The lowest BCUT2D eigenvalue weighted by molar-refractivity contribution is -0.147. The molecule has 1 aliphatic heterocycles. The Labute approximate surface area is 224 Å². The average molecular weight is 531 g/mol. The van der Waals surface area contributed by atoms with E-state index in [1.807, 2.05) is 12.1 Å². The summed E-state index contributed by atoms with van der Waals surface area (Å²) in [6.07, 6.45) is 2.47. The summed E-state index contributed by atoms with van der Waals surface area (Å²) in [5, 5.41) is 44.1. The quantitative estimate of drug-likeness (QED) is 0.377.